The molecule has 0 aliphatic carbocycles. The third-order valence-electron chi connectivity index (χ3n) is 1.41. The molecule has 3 N–H and O–H groups in total. The van der Waals surface area contributed by atoms with E-state index in [1.807, 2.05) is 24.3 Å². The minimum atomic E-state index is -0.169. The van der Waals surface area contributed by atoms with Crippen LogP contribution in [0.2, 0.25) is 0 Å². The highest BCUT2D eigenvalue weighted by Gasteiger charge is 2.00. The van der Waals surface area contributed by atoms with Crippen molar-refractivity contribution < 1.29 is 4.79 Å². The van der Waals surface area contributed by atoms with E-state index in [9.17, 15) is 4.79 Å². The van der Waals surface area contributed by atoms with Crippen molar-refractivity contribution in [3.05, 3.63) is 33.4 Å². The van der Waals surface area contributed by atoms with Gasteiger partial charge >= 0.3 is 0 Å². The Balaban J connectivity index is 0.00000144. The highest BCUT2D eigenvalue weighted by molar-refractivity contribution is 14.1. The summed E-state index contributed by atoms with van der Waals surface area (Å²) in [5, 5.41) is 0. The average Bonchev–Trinajstić information content (AvgIpc) is 2.04. The number of hydrogen-bond acceptors (Lipinski definition) is 2. The van der Waals surface area contributed by atoms with Crippen LogP contribution in [0.4, 0.5) is 0 Å². The number of amides is 1. The summed E-state index contributed by atoms with van der Waals surface area (Å²) in [4.78, 5) is 10.9. The minimum Gasteiger partial charge on any atom is -0.294 e. The van der Waals surface area contributed by atoms with Crippen LogP contribution in [-0.4, -0.2) is 5.91 Å². The number of carbonyl (C=O) groups is 1. The van der Waals surface area contributed by atoms with E-state index in [-0.39, 0.29) is 18.3 Å². The third-order valence-corrected chi connectivity index (χ3v) is 2.09. The summed E-state index contributed by atoms with van der Waals surface area (Å²) in [6, 6.07) is 7.75. The molecule has 3 nitrogen and oxygen atoms in total. The standard InChI is InChI=1S/C8H9IN2O.ClH/c9-7-3-1-2-6(4-7)5-8(12)11-10;/h1-4H,5,10H2,(H,11,12);1H. The van der Waals surface area contributed by atoms with Gasteiger partial charge in [0.15, 0.2) is 0 Å². The Kier molecular flexibility index (Phi) is 6.02. The number of halogens is 2. The number of hydrazine groups is 1. The fourth-order valence-electron chi connectivity index (χ4n) is 0.883. The summed E-state index contributed by atoms with van der Waals surface area (Å²) in [6.45, 7) is 0. The summed E-state index contributed by atoms with van der Waals surface area (Å²) in [5.41, 5.74) is 3.07. The maximum absolute atomic E-state index is 10.9. The molecule has 0 aliphatic heterocycles. The molecule has 0 unspecified atom stereocenters. The Morgan fingerprint density at radius 3 is 2.77 bits per heavy atom. The monoisotopic (exact) mass is 312 g/mol. The van der Waals surface area contributed by atoms with Crippen molar-refractivity contribution in [2.45, 2.75) is 6.42 Å². The zero-order valence-electron chi connectivity index (χ0n) is 6.79. The van der Waals surface area contributed by atoms with Crippen LogP contribution in [0.3, 0.4) is 0 Å². The molecule has 0 bridgehead atoms. The van der Waals surface area contributed by atoms with E-state index < -0.39 is 0 Å². The van der Waals surface area contributed by atoms with Crippen LogP contribution in [0.5, 0.6) is 0 Å². The van der Waals surface area contributed by atoms with Crippen LogP contribution < -0.4 is 11.3 Å². The molecule has 1 aromatic rings. The SMILES string of the molecule is Cl.NNC(=O)Cc1cccc(I)c1. The number of nitrogens with one attached hydrogen (secondary N) is 1. The van der Waals surface area contributed by atoms with Gasteiger partial charge in [0, 0.05) is 3.57 Å². The molecule has 1 aromatic carbocycles. The van der Waals surface area contributed by atoms with Crippen LogP contribution in [0, 0.1) is 3.57 Å². The molecule has 0 fully saturated rings. The molecule has 5 heteroatoms. The summed E-state index contributed by atoms with van der Waals surface area (Å²) in [7, 11) is 0. The molecule has 1 rings (SSSR count). The summed E-state index contributed by atoms with van der Waals surface area (Å²) in [5.74, 6) is 4.79. The maximum Gasteiger partial charge on any atom is 0.238 e. The van der Waals surface area contributed by atoms with Crippen molar-refractivity contribution >= 4 is 40.9 Å². The summed E-state index contributed by atoms with van der Waals surface area (Å²) >= 11 is 2.20. The molecule has 1 amide bonds. The Morgan fingerprint density at radius 1 is 1.54 bits per heavy atom. The number of hydrogen-bond donors (Lipinski definition) is 2. The molecule has 72 valence electrons. The van der Waals surface area contributed by atoms with Gasteiger partial charge in [0.25, 0.3) is 0 Å². The van der Waals surface area contributed by atoms with Gasteiger partial charge in [-0.1, -0.05) is 12.1 Å². The van der Waals surface area contributed by atoms with Gasteiger partial charge in [-0.3, -0.25) is 10.2 Å². The van der Waals surface area contributed by atoms with E-state index in [1.54, 1.807) is 0 Å². The zero-order chi connectivity index (χ0) is 8.97. The first-order valence-electron chi connectivity index (χ1n) is 3.46. The Hall–Kier alpha value is -0.330. The van der Waals surface area contributed by atoms with Gasteiger partial charge in [0.05, 0.1) is 6.42 Å². The van der Waals surface area contributed by atoms with Crippen LogP contribution in [0.15, 0.2) is 24.3 Å². The quantitative estimate of drug-likeness (QED) is 0.374. The van der Waals surface area contributed by atoms with Crippen molar-refractivity contribution in [1.29, 1.82) is 0 Å². The summed E-state index contributed by atoms with van der Waals surface area (Å²) in [6.07, 6.45) is 0.341. The minimum absolute atomic E-state index is 0. The average molecular weight is 313 g/mol. The molecule has 0 aliphatic rings. The number of carbonyl (C=O) groups excluding carboxylic acids is 1. The fourth-order valence-corrected chi connectivity index (χ4v) is 1.49. The van der Waals surface area contributed by atoms with Gasteiger partial charge in [-0.15, -0.1) is 12.4 Å². The van der Waals surface area contributed by atoms with Gasteiger partial charge in [-0.05, 0) is 40.3 Å². The van der Waals surface area contributed by atoms with Gasteiger partial charge in [-0.2, -0.15) is 0 Å². The number of rotatable bonds is 2. The molecule has 0 heterocycles. The molecular weight excluding hydrogens is 302 g/mol. The van der Waals surface area contributed by atoms with Crippen molar-refractivity contribution in [3.63, 3.8) is 0 Å². The molecule has 0 aromatic heterocycles. The Bertz CT molecular complexity index is 293. The summed E-state index contributed by atoms with van der Waals surface area (Å²) < 4.78 is 1.12. The molecular formula is C8H10ClIN2O. The van der Waals surface area contributed by atoms with E-state index in [0.29, 0.717) is 6.42 Å². The molecule has 0 radical (unpaired) electrons. The molecule has 0 atom stereocenters. The van der Waals surface area contributed by atoms with E-state index in [0.717, 1.165) is 9.13 Å². The molecule has 0 saturated carbocycles. The van der Waals surface area contributed by atoms with Crippen molar-refractivity contribution in [3.8, 4) is 0 Å². The largest absolute Gasteiger partial charge is 0.294 e. The smallest absolute Gasteiger partial charge is 0.238 e. The van der Waals surface area contributed by atoms with Crippen molar-refractivity contribution in [2.75, 3.05) is 0 Å². The third kappa shape index (κ3) is 4.44. The predicted molar refractivity (Wildman–Crippen MR) is 62.4 cm³/mol. The van der Waals surface area contributed by atoms with Gasteiger partial charge in [0.1, 0.15) is 0 Å². The number of benzene rings is 1. The second-order valence-electron chi connectivity index (χ2n) is 2.37. The lowest BCUT2D eigenvalue weighted by atomic mass is 10.1. The van der Waals surface area contributed by atoms with Gasteiger partial charge in [0.2, 0.25) is 5.91 Å². The topological polar surface area (TPSA) is 55.1 Å². The van der Waals surface area contributed by atoms with Gasteiger partial charge < -0.3 is 0 Å². The highest BCUT2D eigenvalue weighted by atomic mass is 127. The molecule has 0 saturated heterocycles. The lowest BCUT2D eigenvalue weighted by Crippen LogP contribution is -2.31. The molecule has 0 spiro atoms. The first kappa shape index (κ1) is 12.7. The van der Waals surface area contributed by atoms with Crippen LogP contribution in [0.1, 0.15) is 5.56 Å². The lowest BCUT2D eigenvalue weighted by Gasteiger charge is -1.99. The molecule has 13 heavy (non-hydrogen) atoms. The Labute approximate surface area is 96.6 Å². The number of nitrogens with two attached hydrogens (primary N) is 1. The van der Waals surface area contributed by atoms with Crippen molar-refractivity contribution in [1.82, 2.24) is 5.43 Å². The lowest BCUT2D eigenvalue weighted by molar-refractivity contribution is -0.120. The predicted octanol–water partition coefficient (Wildman–Crippen LogP) is 1.25. The first-order valence-corrected chi connectivity index (χ1v) is 4.54. The second-order valence-corrected chi connectivity index (χ2v) is 3.62. The fraction of sp³-hybridized carbons (Fsp3) is 0.125. The van der Waals surface area contributed by atoms with E-state index in [1.165, 1.54) is 0 Å². The second kappa shape index (κ2) is 6.17. The first-order chi connectivity index (χ1) is 5.72. The highest BCUT2D eigenvalue weighted by Crippen LogP contribution is 2.07. The zero-order valence-corrected chi connectivity index (χ0v) is 9.76. The van der Waals surface area contributed by atoms with Crippen LogP contribution in [-0.2, 0) is 11.2 Å². The van der Waals surface area contributed by atoms with Crippen LogP contribution in [0.25, 0.3) is 0 Å². The normalized spacial score (nSPS) is 8.77. The van der Waals surface area contributed by atoms with Crippen LogP contribution >= 0.6 is 35.0 Å². The van der Waals surface area contributed by atoms with Crippen molar-refractivity contribution in [2.24, 2.45) is 5.84 Å². The van der Waals surface area contributed by atoms with E-state index >= 15 is 0 Å². The Morgan fingerprint density at radius 2 is 2.23 bits per heavy atom. The van der Waals surface area contributed by atoms with Gasteiger partial charge in [-0.25, -0.2) is 5.84 Å². The van der Waals surface area contributed by atoms with E-state index in [4.69, 9.17) is 5.84 Å². The van der Waals surface area contributed by atoms with E-state index in [2.05, 4.69) is 28.0 Å². The maximum atomic E-state index is 10.9.